The van der Waals surface area contributed by atoms with Crippen molar-refractivity contribution in [3.8, 4) is 0 Å². The van der Waals surface area contributed by atoms with Gasteiger partial charge in [0.15, 0.2) is 11.8 Å². The predicted molar refractivity (Wildman–Crippen MR) is 119 cm³/mol. The molecule has 2 aliphatic heterocycles. The van der Waals surface area contributed by atoms with E-state index in [1.807, 2.05) is 36.5 Å². The van der Waals surface area contributed by atoms with Crippen LogP contribution < -0.4 is 5.32 Å². The fourth-order valence-electron chi connectivity index (χ4n) is 4.25. The third kappa shape index (κ3) is 5.82. The van der Waals surface area contributed by atoms with Crippen LogP contribution in [0.25, 0.3) is 0 Å². The van der Waals surface area contributed by atoms with Crippen molar-refractivity contribution < 1.29 is 4.74 Å². The smallest absolute Gasteiger partial charge is 0.194 e. The third-order valence-corrected chi connectivity index (χ3v) is 6.24. The van der Waals surface area contributed by atoms with Gasteiger partial charge in [-0.05, 0) is 31.2 Å². The summed E-state index contributed by atoms with van der Waals surface area (Å²) < 4.78 is 9.34. The number of likely N-dealkylation sites (tertiary alicyclic amines) is 1. The van der Waals surface area contributed by atoms with E-state index in [4.69, 9.17) is 9.73 Å². The summed E-state index contributed by atoms with van der Waals surface area (Å²) >= 11 is 0. The summed E-state index contributed by atoms with van der Waals surface area (Å²) in [7, 11) is 3.97. The van der Waals surface area contributed by atoms with Gasteiger partial charge in [0.25, 0.3) is 0 Å². The van der Waals surface area contributed by atoms with Crippen LogP contribution in [0.3, 0.4) is 0 Å². The van der Waals surface area contributed by atoms with Gasteiger partial charge in [0, 0.05) is 59.6 Å². The molecule has 2 aliphatic rings. The fraction of sp³-hybridized carbons (Fsp3) is 0.714. The van der Waals surface area contributed by atoms with Crippen LogP contribution >= 0.6 is 0 Å². The second kappa shape index (κ2) is 10.2. The van der Waals surface area contributed by atoms with E-state index in [-0.39, 0.29) is 0 Å². The van der Waals surface area contributed by atoms with Crippen LogP contribution in [0.15, 0.2) is 17.4 Å². The minimum atomic E-state index is 0.529. The first-order valence-corrected chi connectivity index (χ1v) is 11.2. The monoisotopic (exact) mass is 429 g/mol. The van der Waals surface area contributed by atoms with Gasteiger partial charge in [-0.3, -0.25) is 9.58 Å². The second-order valence-corrected chi connectivity index (χ2v) is 8.57. The minimum Gasteiger partial charge on any atom is -0.379 e. The number of morpholine rings is 1. The van der Waals surface area contributed by atoms with Crippen LogP contribution in [-0.4, -0.2) is 92.8 Å². The normalized spacial score (nSPS) is 20.5. The predicted octanol–water partition coefficient (Wildman–Crippen LogP) is 0.199. The molecule has 1 atom stereocenters. The number of hydrogen-bond donors (Lipinski definition) is 1. The van der Waals surface area contributed by atoms with Crippen LogP contribution in [0.5, 0.6) is 0 Å². The van der Waals surface area contributed by atoms with E-state index in [0.29, 0.717) is 12.5 Å². The summed E-state index contributed by atoms with van der Waals surface area (Å²) in [5, 5.41) is 16.4. The Morgan fingerprint density at radius 3 is 2.77 bits per heavy atom. The largest absolute Gasteiger partial charge is 0.379 e. The molecule has 0 aromatic carbocycles. The summed E-state index contributed by atoms with van der Waals surface area (Å²) in [5.74, 6) is 3.39. The topological polar surface area (TPSA) is 88.6 Å². The quantitative estimate of drug-likeness (QED) is 0.497. The zero-order valence-corrected chi connectivity index (χ0v) is 19.0. The Labute approximate surface area is 184 Å². The molecule has 31 heavy (non-hydrogen) atoms. The minimum absolute atomic E-state index is 0.529. The molecule has 2 saturated heterocycles. The molecule has 1 unspecified atom stereocenters. The maximum absolute atomic E-state index is 5.46. The lowest BCUT2D eigenvalue weighted by Crippen LogP contribution is -2.45. The molecule has 2 aromatic heterocycles. The van der Waals surface area contributed by atoms with E-state index in [1.165, 1.54) is 12.0 Å². The van der Waals surface area contributed by atoms with Crippen LogP contribution in [0.2, 0.25) is 0 Å². The highest BCUT2D eigenvalue weighted by Gasteiger charge is 2.26. The molecule has 0 aliphatic carbocycles. The molecule has 0 radical (unpaired) electrons. The van der Waals surface area contributed by atoms with E-state index >= 15 is 0 Å². The number of aryl methyl sites for hydroxylation is 2. The maximum Gasteiger partial charge on any atom is 0.194 e. The fourth-order valence-corrected chi connectivity index (χ4v) is 4.25. The van der Waals surface area contributed by atoms with Gasteiger partial charge in [0.05, 0.1) is 19.4 Å². The van der Waals surface area contributed by atoms with Gasteiger partial charge in [0.2, 0.25) is 0 Å². The lowest BCUT2D eigenvalue weighted by atomic mass is 10.0. The van der Waals surface area contributed by atoms with Crippen LogP contribution in [0, 0.1) is 12.8 Å². The van der Waals surface area contributed by atoms with Crippen LogP contribution in [0.1, 0.15) is 23.6 Å². The number of ether oxygens (including phenoxy) is 1. The Kier molecular flexibility index (Phi) is 7.18. The molecular weight excluding hydrogens is 394 g/mol. The van der Waals surface area contributed by atoms with E-state index in [9.17, 15) is 0 Å². The second-order valence-electron chi connectivity index (χ2n) is 8.57. The Morgan fingerprint density at radius 1 is 1.23 bits per heavy atom. The van der Waals surface area contributed by atoms with Crippen molar-refractivity contribution in [1.82, 2.24) is 39.7 Å². The number of aromatic nitrogens is 5. The molecular formula is C21H35N9O. The molecule has 2 fully saturated rings. The number of aliphatic imine (C=N–C) groups is 1. The van der Waals surface area contributed by atoms with Crippen molar-refractivity contribution in [3.63, 3.8) is 0 Å². The summed E-state index contributed by atoms with van der Waals surface area (Å²) in [6.07, 6.45) is 6.33. The Morgan fingerprint density at radius 2 is 2.06 bits per heavy atom. The Hall–Kier alpha value is -2.46. The molecule has 0 saturated carbocycles. The Bertz CT molecular complexity index is 868. The van der Waals surface area contributed by atoms with Crippen molar-refractivity contribution >= 4 is 5.96 Å². The highest BCUT2D eigenvalue weighted by molar-refractivity contribution is 5.80. The van der Waals surface area contributed by atoms with Gasteiger partial charge >= 0.3 is 0 Å². The standard InChI is InChI=1S/C21H35N9O/c1-17-25-26-20(28(17)3)14-23-21(22-5-7-29-8-10-31-11-9-29)30-6-4-18(16-30)12-19-13-24-27(2)15-19/h13,15,18H,4-12,14,16H2,1-3H3,(H,22,23). The van der Waals surface area contributed by atoms with E-state index in [0.717, 1.165) is 76.5 Å². The van der Waals surface area contributed by atoms with Gasteiger partial charge < -0.3 is 19.5 Å². The summed E-state index contributed by atoms with van der Waals surface area (Å²) in [6, 6.07) is 0. The third-order valence-electron chi connectivity index (χ3n) is 6.24. The number of guanidine groups is 1. The average molecular weight is 430 g/mol. The van der Waals surface area contributed by atoms with E-state index < -0.39 is 0 Å². The van der Waals surface area contributed by atoms with E-state index in [2.05, 4.69) is 36.6 Å². The average Bonchev–Trinajstić information content (AvgIpc) is 3.48. The summed E-state index contributed by atoms with van der Waals surface area (Å²) in [4.78, 5) is 9.76. The summed E-state index contributed by atoms with van der Waals surface area (Å²) in [5.41, 5.74) is 1.31. The molecule has 0 bridgehead atoms. The van der Waals surface area contributed by atoms with Crippen molar-refractivity contribution in [2.75, 3.05) is 52.5 Å². The van der Waals surface area contributed by atoms with Crippen molar-refractivity contribution in [2.45, 2.75) is 26.3 Å². The lowest BCUT2D eigenvalue weighted by molar-refractivity contribution is 0.0388. The highest BCUT2D eigenvalue weighted by atomic mass is 16.5. The van der Waals surface area contributed by atoms with Crippen molar-refractivity contribution in [2.24, 2.45) is 25.0 Å². The number of rotatable bonds is 7. The number of nitrogens with one attached hydrogen (secondary N) is 1. The number of hydrogen-bond acceptors (Lipinski definition) is 6. The van der Waals surface area contributed by atoms with Gasteiger partial charge in [-0.15, -0.1) is 10.2 Å². The van der Waals surface area contributed by atoms with Gasteiger partial charge in [0.1, 0.15) is 12.4 Å². The first-order chi connectivity index (χ1) is 15.1. The molecule has 4 rings (SSSR count). The van der Waals surface area contributed by atoms with Gasteiger partial charge in [-0.25, -0.2) is 4.99 Å². The zero-order chi connectivity index (χ0) is 21.6. The van der Waals surface area contributed by atoms with Crippen molar-refractivity contribution in [1.29, 1.82) is 0 Å². The van der Waals surface area contributed by atoms with Crippen molar-refractivity contribution in [3.05, 3.63) is 29.6 Å². The Balaban J connectivity index is 1.37. The maximum atomic E-state index is 5.46. The molecule has 2 aromatic rings. The van der Waals surface area contributed by atoms with Crippen LogP contribution in [-0.2, 0) is 31.8 Å². The van der Waals surface area contributed by atoms with E-state index in [1.54, 1.807) is 0 Å². The molecule has 10 nitrogen and oxygen atoms in total. The zero-order valence-electron chi connectivity index (χ0n) is 19.0. The highest BCUT2D eigenvalue weighted by Crippen LogP contribution is 2.21. The van der Waals surface area contributed by atoms with Gasteiger partial charge in [-0.1, -0.05) is 0 Å². The first-order valence-electron chi connectivity index (χ1n) is 11.2. The number of nitrogens with zero attached hydrogens (tertiary/aromatic N) is 8. The molecule has 4 heterocycles. The summed E-state index contributed by atoms with van der Waals surface area (Å²) in [6.45, 7) is 10.1. The first kappa shape index (κ1) is 21.8. The van der Waals surface area contributed by atoms with Crippen LogP contribution in [0.4, 0.5) is 0 Å². The molecule has 0 amide bonds. The molecule has 0 spiro atoms. The molecule has 170 valence electrons. The molecule has 10 heteroatoms. The van der Waals surface area contributed by atoms with Gasteiger partial charge in [-0.2, -0.15) is 5.10 Å². The lowest BCUT2D eigenvalue weighted by Gasteiger charge is -2.28. The SMILES string of the molecule is Cc1nnc(CN=C(NCCN2CCOCC2)N2CCC(Cc3cnn(C)c3)C2)n1C. The molecule has 1 N–H and O–H groups in total.